The highest BCUT2D eigenvalue weighted by molar-refractivity contribution is 6.31. The summed E-state index contributed by atoms with van der Waals surface area (Å²) in [5.74, 6) is 1.18. The van der Waals surface area contributed by atoms with E-state index in [4.69, 9.17) is 23.2 Å². The van der Waals surface area contributed by atoms with Crippen LogP contribution in [0.15, 0.2) is 42.7 Å². The van der Waals surface area contributed by atoms with Gasteiger partial charge in [0.1, 0.15) is 11.3 Å². The van der Waals surface area contributed by atoms with Crippen LogP contribution < -0.4 is 0 Å². The lowest BCUT2D eigenvalue weighted by atomic mass is 10.2. The Morgan fingerprint density at radius 1 is 1.16 bits per heavy atom. The second kappa shape index (κ2) is 5.19. The second-order valence-electron chi connectivity index (χ2n) is 4.20. The molecule has 96 valence electrons. The summed E-state index contributed by atoms with van der Waals surface area (Å²) in [6.45, 7) is 0.655. The molecule has 2 aromatic heterocycles. The first-order valence-corrected chi connectivity index (χ1v) is 6.79. The molecule has 1 aromatic carbocycles. The van der Waals surface area contributed by atoms with Gasteiger partial charge >= 0.3 is 0 Å². The SMILES string of the molecule is ClCc1nc2cnccc2n1Cc1ccccc1Cl. The van der Waals surface area contributed by atoms with E-state index in [9.17, 15) is 0 Å². The summed E-state index contributed by atoms with van der Waals surface area (Å²) >= 11 is 12.2. The Bertz CT molecular complexity index is 722. The van der Waals surface area contributed by atoms with Crippen molar-refractivity contribution in [3.05, 3.63) is 59.1 Å². The van der Waals surface area contributed by atoms with Gasteiger partial charge in [0.2, 0.25) is 0 Å². The van der Waals surface area contributed by atoms with Crippen LogP contribution in [0.4, 0.5) is 0 Å². The van der Waals surface area contributed by atoms with Crippen LogP contribution in [0, 0.1) is 0 Å². The van der Waals surface area contributed by atoms with Gasteiger partial charge in [0, 0.05) is 11.2 Å². The van der Waals surface area contributed by atoms with Crippen molar-refractivity contribution < 1.29 is 0 Å². The van der Waals surface area contributed by atoms with Gasteiger partial charge in [0.15, 0.2) is 0 Å². The van der Waals surface area contributed by atoms with Gasteiger partial charge in [-0.1, -0.05) is 29.8 Å². The number of nitrogens with zero attached hydrogens (tertiary/aromatic N) is 3. The maximum atomic E-state index is 6.21. The van der Waals surface area contributed by atoms with E-state index in [0.29, 0.717) is 12.4 Å². The third-order valence-electron chi connectivity index (χ3n) is 3.04. The molecule has 0 aliphatic heterocycles. The molecule has 2 heterocycles. The average Bonchev–Trinajstić information content (AvgIpc) is 2.79. The minimum atomic E-state index is 0.360. The highest BCUT2D eigenvalue weighted by atomic mass is 35.5. The molecule has 3 aromatic rings. The van der Waals surface area contributed by atoms with E-state index < -0.39 is 0 Å². The zero-order valence-electron chi connectivity index (χ0n) is 10.1. The lowest BCUT2D eigenvalue weighted by Crippen LogP contribution is -2.04. The van der Waals surface area contributed by atoms with E-state index >= 15 is 0 Å². The van der Waals surface area contributed by atoms with Crippen LogP contribution in [0.1, 0.15) is 11.4 Å². The molecule has 0 aliphatic carbocycles. The summed E-state index contributed by atoms with van der Waals surface area (Å²) in [6.07, 6.45) is 3.50. The fourth-order valence-corrected chi connectivity index (χ4v) is 2.51. The Kier molecular flexibility index (Phi) is 3.40. The maximum absolute atomic E-state index is 6.21. The first kappa shape index (κ1) is 12.5. The summed E-state index contributed by atoms with van der Waals surface area (Å²) in [5, 5.41) is 0.749. The van der Waals surface area contributed by atoms with Crippen molar-refractivity contribution >= 4 is 34.2 Å². The first-order chi connectivity index (χ1) is 9.29. The van der Waals surface area contributed by atoms with Crippen molar-refractivity contribution in [1.29, 1.82) is 0 Å². The number of halogens is 2. The van der Waals surface area contributed by atoms with E-state index in [1.807, 2.05) is 30.3 Å². The fourth-order valence-electron chi connectivity index (χ4n) is 2.11. The molecule has 0 fully saturated rings. The molecule has 0 spiro atoms. The van der Waals surface area contributed by atoms with Crippen LogP contribution >= 0.6 is 23.2 Å². The van der Waals surface area contributed by atoms with Gasteiger partial charge in [-0.2, -0.15) is 0 Å². The Hall–Kier alpha value is -1.58. The highest BCUT2D eigenvalue weighted by Crippen LogP contribution is 2.21. The standard InChI is InChI=1S/C14H11Cl2N3/c15-7-14-18-12-8-17-6-5-13(12)19(14)9-10-3-1-2-4-11(10)16/h1-6,8H,7,9H2. The molecule has 0 saturated carbocycles. The van der Waals surface area contributed by atoms with E-state index in [0.717, 1.165) is 27.4 Å². The van der Waals surface area contributed by atoms with Crippen molar-refractivity contribution in [2.45, 2.75) is 12.4 Å². The van der Waals surface area contributed by atoms with Crippen molar-refractivity contribution in [3.8, 4) is 0 Å². The van der Waals surface area contributed by atoms with Crippen LogP contribution in [-0.2, 0) is 12.4 Å². The minimum Gasteiger partial charge on any atom is -0.322 e. The number of pyridine rings is 1. The summed E-state index contributed by atoms with van der Waals surface area (Å²) in [7, 11) is 0. The monoisotopic (exact) mass is 291 g/mol. The number of hydrogen-bond acceptors (Lipinski definition) is 2. The quantitative estimate of drug-likeness (QED) is 0.686. The Labute approximate surface area is 120 Å². The predicted octanol–water partition coefficient (Wildman–Crippen LogP) is 3.87. The van der Waals surface area contributed by atoms with Gasteiger partial charge in [0.05, 0.1) is 24.1 Å². The van der Waals surface area contributed by atoms with Gasteiger partial charge in [-0.15, -0.1) is 11.6 Å². The minimum absolute atomic E-state index is 0.360. The number of rotatable bonds is 3. The molecule has 0 atom stereocenters. The molecule has 3 nitrogen and oxygen atoms in total. The van der Waals surface area contributed by atoms with E-state index in [1.54, 1.807) is 12.4 Å². The van der Waals surface area contributed by atoms with Crippen LogP contribution in [0.2, 0.25) is 5.02 Å². The fraction of sp³-hybridized carbons (Fsp3) is 0.143. The van der Waals surface area contributed by atoms with E-state index in [-0.39, 0.29) is 0 Å². The summed E-state index contributed by atoms with van der Waals surface area (Å²) in [5.41, 5.74) is 2.92. The molecule has 3 rings (SSSR count). The predicted molar refractivity (Wildman–Crippen MR) is 77.6 cm³/mol. The van der Waals surface area contributed by atoms with E-state index in [2.05, 4.69) is 14.5 Å². The number of alkyl halides is 1. The van der Waals surface area contributed by atoms with Gasteiger partial charge in [-0.3, -0.25) is 4.98 Å². The molecular weight excluding hydrogens is 281 g/mol. The number of imidazole rings is 1. The van der Waals surface area contributed by atoms with Crippen molar-refractivity contribution in [3.63, 3.8) is 0 Å². The zero-order valence-corrected chi connectivity index (χ0v) is 11.6. The molecule has 0 N–H and O–H groups in total. The smallest absolute Gasteiger partial charge is 0.125 e. The van der Waals surface area contributed by atoms with Gasteiger partial charge in [-0.25, -0.2) is 4.98 Å². The van der Waals surface area contributed by atoms with Crippen molar-refractivity contribution in [1.82, 2.24) is 14.5 Å². The molecule has 0 bridgehead atoms. The van der Waals surface area contributed by atoms with Gasteiger partial charge < -0.3 is 4.57 Å². The maximum Gasteiger partial charge on any atom is 0.125 e. The van der Waals surface area contributed by atoms with Crippen LogP contribution in [0.25, 0.3) is 11.0 Å². The van der Waals surface area contributed by atoms with E-state index in [1.165, 1.54) is 0 Å². The Balaban J connectivity index is 2.12. The first-order valence-electron chi connectivity index (χ1n) is 5.88. The lowest BCUT2D eigenvalue weighted by Gasteiger charge is -2.09. The topological polar surface area (TPSA) is 30.7 Å². The Morgan fingerprint density at radius 3 is 2.79 bits per heavy atom. The molecular formula is C14H11Cl2N3. The summed E-state index contributed by atoms with van der Waals surface area (Å²) < 4.78 is 2.07. The summed E-state index contributed by atoms with van der Waals surface area (Å²) in [6, 6.07) is 9.73. The third-order valence-corrected chi connectivity index (χ3v) is 3.64. The largest absolute Gasteiger partial charge is 0.322 e. The molecule has 0 unspecified atom stereocenters. The van der Waals surface area contributed by atoms with Gasteiger partial charge in [-0.05, 0) is 17.7 Å². The molecule has 0 aliphatic rings. The van der Waals surface area contributed by atoms with Crippen LogP contribution in [-0.4, -0.2) is 14.5 Å². The highest BCUT2D eigenvalue weighted by Gasteiger charge is 2.11. The Morgan fingerprint density at radius 2 is 2.00 bits per heavy atom. The lowest BCUT2D eigenvalue weighted by molar-refractivity contribution is 0.779. The number of fused-ring (bicyclic) bond motifs is 1. The molecule has 0 amide bonds. The number of aromatic nitrogens is 3. The molecule has 0 saturated heterocycles. The van der Waals surface area contributed by atoms with Crippen molar-refractivity contribution in [2.24, 2.45) is 0 Å². The number of benzene rings is 1. The zero-order chi connectivity index (χ0) is 13.2. The van der Waals surface area contributed by atoms with Crippen LogP contribution in [0.3, 0.4) is 0 Å². The normalized spacial score (nSPS) is 11.1. The van der Waals surface area contributed by atoms with Crippen molar-refractivity contribution in [2.75, 3.05) is 0 Å². The summed E-state index contributed by atoms with van der Waals surface area (Å²) in [4.78, 5) is 8.56. The molecule has 0 radical (unpaired) electrons. The molecule has 5 heteroatoms. The van der Waals surface area contributed by atoms with Gasteiger partial charge in [0.25, 0.3) is 0 Å². The third kappa shape index (κ3) is 2.31. The number of hydrogen-bond donors (Lipinski definition) is 0. The second-order valence-corrected chi connectivity index (χ2v) is 4.88. The van der Waals surface area contributed by atoms with Crippen LogP contribution in [0.5, 0.6) is 0 Å². The average molecular weight is 292 g/mol. The molecule has 19 heavy (non-hydrogen) atoms.